The van der Waals surface area contributed by atoms with Crippen molar-refractivity contribution in [2.24, 2.45) is 0 Å². The van der Waals surface area contributed by atoms with E-state index in [1.165, 1.54) is 0 Å². The maximum absolute atomic E-state index is 11.0. The minimum atomic E-state index is -0.905. The van der Waals surface area contributed by atoms with Gasteiger partial charge in [-0.1, -0.05) is 25.5 Å². The third kappa shape index (κ3) is 5.19. The second kappa shape index (κ2) is 8.53. The zero-order chi connectivity index (χ0) is 13.2. The number of carboxylic acid groups (broad SMARTS) is 1. The minimum Gasteiger partial charge on any atom is -0.478 e. The van der Waals surface area contributed by atoms with Gasteiger partial charge >= 0.3 is 5.97 Å². The van der Waals surface area contributed by atoms with Crippen LogP contribution in [0.1, 0.15) is 36.5 Å². The molecule has 1 aromatic carbocycles. The van der Waals surface area contributed by atoms with Crippen molar-refractivity contribution in [3.63, 3.8) is 0 Å². The molecule has 0 aliphatic heterocycles. The van der Waals surface area contributed by atoms with Gasteiger partial charge in [0.25, 0.3) is 0 Å². The number of anilines is 1. The first-order valence-electron chi connectivity index (χ1n) is 6.39. The van der Waals surface area contributed by atoms with Gasteiger partial charge < -0.3 is 15.2 Å². The summed E-state index contributed by atoms with van der Waals surface area (Å²) in [6, 6.07) is 6.93. The fourth-order valence-electron chi connectivity index (χ4n) is 1.57. The molecule has 1 rings (SSSR count). The second-order valence-electron chi connectivity index (χ2n) is 4.10. The molecule has 4 nitrogen and oxygen atoms in total. The average Bonchev–Trinajstić information content (AvgIpc) is 2.38. The van der Waals surface area contributed by atoms with E-state index in [0.29, 0.717) is 17.9 Å². The molecule has 0 aliphatic carbocycles. The van der Waals surface area contributed by atoms with Crippen LogP contribution < -0.4 is 5.32 Å². The molecule has 0 amide bonds. The van der Waals surface area contributed by atoms with Crippen molar-refractivity contribution < 1.29 is 14.6 Å². The van der Waals surface area contributed by atoms with Crippen LogP contribution in [-0.2, 0) is 4.74 Å². The van der Waals surface area contributed by atoms with Crippen LogP contribution in [0, 0.1) is 0 Å². The molecule has 0 aliphatic rings. The van der Waals surface area contributed by atoms with Crippen molar-refractivity contribution in [1.29, 1.82) is 0 Å². The normalized spacial score (nSPS) is 10.3. The van der Waals surface area contributed by atoms with Crippen LogP contribution in [0.15, 0.2) is 24.3 Å². The van der Waals surface area contributed by atoms with Crippen molar-refractivity contribution in [3.05, 3.63) is 29.8 Å². The highest BCUT2D eigenvalue weighted by Gasteiger charge is 2.07. The largest absolute Gasteiger partial charge is 0.478 e. The Labute approximate surface area is 108 Å². The summed E-state index contributed by atoms with van der Waals surface area (Å²) in [5.74, 6) is -0.905. The van der Waals surface area contributed by atoms with Gasteiger partial charge in [0.05, 0.1) is 5.56 Å². The van der Waals surface area contributed by atoms with Crippen molar-refractivity contribution in [2.75, 3.05) is 25.1 Å². The van der Waals surface area contributed by atoms with Crippen LogP contribution in [0.4, 0.5) is 5.69 Å². The van der Waals surface area contributed by atoms with E-state index < -0.39 is 5.97 Å². The van der Waals surface area contributed by atoms with Gasteiger partial charge in [-0.3, -0.25) is 0 Å². The Morgan fingerprint density at radius 2 is 2.00 bits per heavy atom. The SMILES string of the molecule is CCCCOCCCNc1ccccc1C(=O)O. The van der Waals surface area contributed by atoms with Gasteiger partial charge in [0, 0.05) is 25.4 Å². The summed E-state index contributed by atoms with van der Waals surface area (Å²) in [6.45, 7) is 4.37. The van der Waals surface area contributed by atoms with Gasteiger partial charge in [0.15, 0.2) is 0 Å². The number of aromatic carboxylic acids is 1. The van der Waals surface area contributed by atoms with E-state index in [9.17, 15) is 4.79 Å². The Hall–Kier alpha value is -1.55. The molecule has 0 radical (unpaired) electrons. The summed E-state index contributed by atoms with van der Waals surface area (Å²) >= 11 is 0. The summed E-state index contributed by atoms with van der Waals surface area (Å²) in [4.78, 5) is 11.0. The predicted molar refractivity (Wildman–Crippen MR) is 72.2 cm³/mol. The summed E-state index contributed by atoms with van der Waals surface area (Å²) in [5, 5.41) is 12.1. The Bertz CT molecular complexity index is 366. The van der Waals surface area contributed by atoms with E-state index in [1.807, 2.05) is 6.07 Å². The number of para-hydroxylation sites is 1. The summed E-state index contributed by atoms with van der Waals surface area (Å²) < 4.78 is 5.43. The predicted octanol–water partition coefficient (Wildman–Crippen LogP) is 3.00. The molecule has 18 heavy (non-hydrogen) atoms. The molecule has 0 atom stereocenters. The topological polar surface area (TPSA) is 58.6 Å². The van der Waals surface area contributed by atoms with Crippen LogP contribution in [0.2, 0.25) is 0 Å². The molecular formula is C14H21NO3. The quantitative estimate of drug-likeness (QED) is 0.662. The first-order chi connectivity index (χ1) is 8.75. The summed E-state index contributed by atoms with van der Waals surface area (Å²) in [6.07, 6.45) is 3.11. The van der Waals surface area contributed by atoms with E-state index in [-0.39, 0.29) is 0 Å². The third-order valence-corrected chi connectivity index (χ3v) is 2.58. The Kier molecular flexibility index (Phi) is 6.87. The molecule has 0 unspecified atom stereocenters. The Morgan fingerprint density at radius 1 is 1.28 bits per heavy atom. The van der Waals surface area contributed by atoms with E-state index in [0.717, 1.165) is 32.4 Å². The number of unbranched alkanes of at least 4 members (excludes halogenated alkanes) is 1. The lowest BCUT2D eigenvalue weighted by atomic mass is 10.2. The zero-order valence-electron chi connectivity index (χ0n) is 10.8. The molecular weight excluding hydrogens is 230 g/mol. The van der Waals surface area contributed by atoms with Gasteiger partial charge in [0.2, 0.25) is 0 Å². The zero-order valence-corrected chi connectivity index (χ0v) is 10.8. The number of hydrogen-bond donors (Lipinski definition) is 2. The Balaban J connectivity index is 2.25. The van der Waals surface area contributed by atoms with E-state index in [1.54, 1.807) is 18.2 Å². The van der Waals surface area contributed by atoms with Crippen LogP contribution in [0.3, 0.4) is 0 Å². The summed E-state index contributed by atoms with van der Waals surface area (Å²) in [7, 11) is 0. The fourth-order valence-corrected chi connectivity index (χ4v) is 1.57. The van der Waals surface area contributed by atoms with Crippen molar-refractivity contribution in [3.8, 4) is 0 Å². The molecule has 2 N–H and O–H groups in total. The third-order valence-electron chi connectivity index (χ3n) is 2.58. The number of nitrogens with one attached hydrogen (secondary N) is 1. The molecule has 0 saturated heterocycles. The van der Waals surface area contributed by atoms with E-state index >= 15 is 0 Å². The molecule has 0 spiro atoms. The number of hydrogen-bond acceptors (Lipinski definition) is 3. The molecule has 0 aromatic heterocycles. The highest BCUT2D eigenvalue weighted by Crippen LogP contribution is 2.14. The molecule has 1 aromatic rings. The van der Waals surface area contributed by atoms with Crippen molar-refractivity contribution in [2.45, 2.75) is 26.2 Å². The van der Waals surface area contributed by atoms with Gasteiger partial charge in [0.1, 0.15) is 0 Å². The fraction of sp³-hybridized carbons (Fsp3) is 0.500. The molecule has 0 bridgehead atoms. The summed E-state index contributed by atoms with van der Waals surface area (Å²) in [5.41, 5.74) is 0.975. The molecule has 100 valence electrons. The number of carboxylic acids is 1. The number of benzene rings is 1. The lowest BCUT2D eigenvalue weighted by Gasteiger charge is -2.09. The lowest BCUT2D eigenvalue weighted by Crippen LogP contribution is -2.09. The molecule has 0 heterocycles. The highest BCUT2D eigenvalue weighted by atomic mass is 16.5. The van der Waals surface area contributed by atoms with Crippen LogP contribution in [-0.4, -0.2) is 30.8 Å². The van der Waals surface area contributed by atoms with Crippen LogP contribution in [0.5, 0.6) is 0 Å². The van der Waals surface area contributed by atoms with Crippen LogP contribution in [0.25, 0.3) is 0 Å². The minimum absolute atomic E-state index is 0.310. The first-order valence-corrected chi connectivity index (χ1v) is 6.39. The highest BCUT2D eigenvalue weighted by molar-refractivity contribution is 5.94. The van der Waals surface area contributed by atoms with Gasteiger partial charge in [-0.25, -0.2) is 4.79 Å². The van der Waals surface area contributed by atoms with Crippen LogP contribution >= 0.6 is 0 Å². The van der Waals surface area contributed by atoms with E-state index in [4.69, 9.17) is 9.84 Å². The maximum atomic E-state index is 11.0. The second-order valence-corrected chi connectivity index (χ2v) is 4.10. The van der Waals surface area contributed by atoms with Crippen molar-refractivity contribution >= 4 is 11.7 Å². The molecule has 0 fully saturated rings. The number of carbonyl (C=O) groups is 1. The molecule has 0 saturated carbocycles. The van der Waals surface area contributed by atoms with Crippen molar-refractivity contribution in [1.82, 2.24) is 0 Å². The monoisotopic (exact) mass is 251 g/mol. The van der Waals surface area contributed by atoms with Gasteiger partial charge in [-0.05, 0) is 25.0 Å². The molecule has 4 heteroatoms. The maximum Gasteiger partial charge on any atom is 0.337 e. The number of rotatable bonds is 9. The number of ether oxygens (including phenoxy) is 1. The lowest BCUT2D eigenvalue weighted by molar-refractivity contribution is 0.0698. The standard InChI is InChI=1S/C14H21NO3/c1-2-3-10-18-11-6-9-15-13-8-5-4-7-12(13)14(16)17/h4-5,7-8,15H,2-3,6,9-11H2,1H3,(H,16,17). The Morgan fingerprint density at radius 3 is 2.72 bits per heavy atom. The first kappa shape index (κ1) is 14.5. The van der Waals surface area contributed by atoms with Gasteiger partial charge in [-0.15, -0.1) is 0 Å². The smallest absolute Gasteiger partial charge is 0.337 e. The average molecular weight is 251 g/mol. The van der Waals surface area contributed by atoms with Gasteiger partial charge in [-0.2, -0.15) is 0 Å². The van der Waals surface area contributed by atoms with E-state index in [2.05, 4.69) is 12.2 Å².